The van der Waals surface area contributed by atoms with Crippen molar-refractivity contribution in [3.63, 3.8) is 0 Å². The minimum Gasteiger partial charge on any atom is -0.462 e. The number of aromatic amines is 1. The highest BCUT2D eigenvalue weighted by Crippen LogP contribution is 2.22. The number of carbonyl (C=O) groups excluding carboxylic acids is 2. The SMILES string of the molecule is CCOC(=O)c1c(C)[nH]c(C(=O)/C(C#N)=C/c2cccc(C)c2)c1C. The molecule has 0 aliphatic carbocycles. The van der Waals surface area contributed by atoms with Crippen molar-refractivity contribution < 1.29 is 14.3 Å². The van der Waals surface area contributed by atoms with Crippen LogP contribution in [0.4, 0.5) is 0 Å². The molecular weight excluding hydrogens is 316 g/mol. The molecule has 5 heteroatoms. The van der Waals surface area contributed by atoms with Crippen molar-refractivity contribution in [2.24, 2.45) is 0 Å². The van der Waals surface area contributed by atoms with Gasteiger partial charge in [0, 0.05) is 5.69 Å². The Balaban J connectivity index is 2.44. The Bertz CT molecular complexity index is 898. The van der Waals surface area contributed by atoms with Crippen LogP contribution in [0.25, 0.3) is 6.08 Å². The summed E-state index contributed by atoms with van der Waals surface area (Å²) in [6.07, 6.45) is 1.55. The van der Waals surface area contributed by atoms with Crippen LogP contribution in [0, 0.1) is 32.1 Å². The van der Waals surface area contributed by atoms with Crippen LogP contribution < -0.4 is 0 Å². The Morgan fingerprint density at radius 2 is 2.00 bits per heavy atom. The number of aromatic nitrogens is 1. The highest BCUT2D eigenvalue weighted by atomic mass is 16.5. The van der Waals surface area contributed by atoms with Gasteiger partial charge in [0.1, 0.15) is 11.6 Å². The molecule has 0 aliphatic heterocycles. The van der Waals surface area contributed by atoms with E-state index in [0.717, 1.165) is 11.1 Å². The first-order valence-corrected chi connectivity index (χ1v) is 7.98. The van der Waals surface area contributed by atoms with E-state index in [9.17, 15) is 14.9 Å². The van der Waals surface area contributed by atoms with E-state index in [1.54, 1.807) is 26.8 Å². The average molecular weight is 336 g/mol. The van der Waals surface area contributed by atoms with Crippen LogP contribution in [-0.4, -0.2) is 23.3 Å². The first kappa shape index (κ1) is 18.2. The summed E-state index contributed by atoms with van der Waals surface area (Å²) in [5.74, 6) is -0.922. The standard InChI is InChI=1S/C20H20N2O3/c1-5-25-20(24)17-13(3)18(22-14(17)4)19(23)16(11-21)10-15-8-6-7-12(2)9-15/h6-10,22H,5H2,1-4H3/b16-10+. The van der Waals surface area contributed by atoms with Gasteiger partial charge in [0.15, 0.2) is 0 Å². The van der Waals surface area contributed by atoms with Crippen molar-refractivity contribution in [1.29, 1.82) is 5.26 Å². The molecule has 0 radical (unpaired) electrons. The number of Topliss-reactive ketones (excluding diaryl/α,β-unsaturated/α-hetero) is 1. The molecule has 0 bridgehead atoms. The molecule has 0 fully saturated rings. The second-order valence-corrected chi connectivity index (χ2v) is 5.76. The van der Waals surface area contributed by atoms with Crippen molar-refractivity contribution in [3.8, 4) is 6.07 Å². The lowest BCUT2D eigenvalue weighted by atomic mass is 10.0. The Kier molecular flexibility index (Phi) is 5.56. The Hall–Kier alpha value is -3.13. The summed E-state index contributed by atoms with van der Waals surface area (Å²) in [4.78, 5) is 27.7. The van der Waals surface area contributed by atoms with E-state index in [-0.39, 0.29) is 17.9 Å². The molecule has 5 nitrogen and oxygen atoms in total. The lowest BCUT2D eigenvalue weighted by Gasteiger charge is -2.03. The first-order chi connectivity index (χ1) is 11.9. The van der Waals surface area contributed by atoms with E-state index in [1.807, 2.05) is 37.3 Å². The predicted octanol–water partition coefficient (Wildman–Crippen LogP) is 3.91. The second-order valence-electron chi connectivity index (χ2n) is 5.76. The molecule has 0 atom stereocenters. The molecule has 1 aromatic carbocycles. The third-order valence-corrected chi connectivity index (χ3v) is 3.86. The number of ether oxygens (including phenoxy) is 1. The molecule has 0 amide bonds. The van der Waals surface area contributed by atoms with Crippen molar-refractivity contribution in [2.45, 2.75) is 27.7 Å². The van der Waals surface area contributed by atoms with Gasteiger partial charge in [-0.1, -0.05) is 29.8 Å². The highest BCUT2D eigenvalue weighted by molar-refractivity contribution is 6.15. The Morgan fingerprint density at radius 3 is 2.60 bits per heavy atom. The number of aryl methyl sites for hydroxylation is 2. The van der Waals surface area contributed by atoms with Gasteiger partial charge in [-0.15, -0.1) is 0 Å². The zero-order chi connectivity index (χ0) is 18.6. The highest BCUT2D eigenvalue weighted by Gasteiger charge is 2.24. The zero-order valence-electron chi connectivity index (χ0n) is 14.8. The van der Waals surface area contributed by atoms with Crippen molar-refractivity contribution >= 4 is 17.8 Å². The molecule has 0 saturated carbocycles. The Labute approximate surface area is 146 Å². The van der Waals surface area contributed by atoms with E-state index in [4.69, 9.17) is 4.74 Å². The van der Waals surface area contributed by atoms with Gasteiger partial charge in [0.2, 0.25) is 5.78 Å². The molecule has 2 aromatic rings. The van der Waals surface area contributed by atoms with Crippen LogP contribution in [0.5, 0.6) is 0 Å². The fourth-order valence-corrected chi connectivity index (χ4v) is 2.70. The molecule has 1 N–H and O–H groups in total. The van der Waals surface area contributed by atoms with Crippen molar-refractivity contribution in [2.75, 3.05) is 6.61 Å². The molecule has 0 aliphatic rings. The molecule has 1 aromatic heterocycles. The lowest BCUT2D eigenvalue weighted by molar-refractivity contribution is 0.0525. The number of nitrogens with one attached hydrogen (secondary N) is 1. The number of H-pyrrole nitrogens is 1. The third-order valence-electron chi connectivity index (χ3n) is 3.86. The molecule has 0 spiro atoms. The number of nitriles is 1. The lowest BCUT2D eigenvalue weighted by Crippen LogP contribution is -2.08. The maximum Gasteiger partial charge on any atom is 0.340 e. The van der Waals surface area contributed by atoms with Crippen LogP contribution in [-0.2, 0) is 4.74 Å². The fraction of sp³-hybridized carbons (Fsp3) is 0.250. The normalized spacial score (nSPS) is 11.1. The van der Waals surface area contributed by atoms with Crippen molar-refractivity contribution in [3.05, 3.63) is 63.5 Å². The number of carbonyl (C=O) groups is 2. The van der Waals surface area contributed by atoms with Crippen LogP contribution in [0.2, 0.25) is 0 Å². The van der Waals surface area contributed by atoms with Crippen LogP contribution >= 0.6 is 0 Å². The molecule has 25 heavy (non-hydrogen) atoms. The number of nitrogens with zero attached hydrogens (tertiary/aromatic N) is 1. The van der Waals surface area contributed by atoms with Crippen LogP contribution in [0.15, 0.2) is 29.8 Å². The quantitative estimate of drug-likeness (QED) is 0.388. The topological polar surface area (TPSA) is 83.0 Å². The number of hydrogen-bond donors (Lipinski definition) is 1. The zero-order valence-corrected chi connectivity index (χ0v) is 14.8. The van der Waals surface area contributed by atoms with E-state index in [2.05, 4.69) is 4.98 Å². The molecule has 128 valence electrons. The number of ketones is 1. The molecule has 0 saturated heterocycles. The predicted molar refractivity (Wildman–Crippen MR) is 95.3 cm³/mol. The summed E-state index contributed by atoms with van der Waals surface area (Å²) in [7, 11) is 0. The number of hydrogen-bond acceptors (Lipinski definition) is 4. The van der Waals surface area contributed by atoms with Gasteiger partial charge < -0.3 is 9.72 Å². The first-order valence-electron chi connectivity index (χ1n) is 7.98. The van der Waals surface area contributed by atoms with Gasteiger partial charge in [-0.2, -0.15) is 5.26 Å². The smallest absolute Gasteiger partial charge is 0.340 e. The maximum absolute atomic E-state index is 12.8. The van der Waals surface area contributed by atoms with E-state index < -0.39 is 11.8 Å². The number of rotatable bonds is 5. The van der Waals surface area contributed by atoms with E-state index in [0.29, 0.717) is 16.8 Å². The van der Waals surface area contributed by atoms with Gasteiger partial charge in [-0.05, 0) is 44.9 Å². The van der Waals surface area contributed by atoms with Crippen LogP contribution in [0.3, 0.4) is 0 Å². The summed E-state index contributed by atoms with van der Waals surface area (Å²) in [6.45, 7) is 7.29. The minimum atomic E-state index is -0.478. The number of esters is 1. The monoisotopic (exact) mass is 336 g/mol. The van der Waals surface area contributed by atoms with E-state index in [1.165, 1.54) is 0 Å². The minimum absolute atomic E-state index is 0.00496. The van der Waals surface area contributed by atoms with Gasteiger partial charge in [-0.25, -0.2) is 4.79 Å². The number of benzene rings is 1. The van der Waals surface area contributed by atoms with Gasteiger partial charge in [0.05, 0.1) is 17.9 Å². The summed E-state index contributed by atoms with van der Waals surface area (Å²) in [5, 5.41) is 9.40. The van der Waals surface area contributed by atoms with Crippen LogP contribution in [0.1, 0.15) is 50.2 Å². The van der Waals surface area contributed by atoms with Crippen molar-refractivity contribution in [1.82, 2.24) is 4.98 Å². The third kappa shape index (κ3) is 3.86. The summed E-state index contributed by atoms with van der Waals surface area (Å²) >= 11 is 0. The fourth-order valence-electron chi connectivity index (χ4n) is 2.70. The molecule has 2 rings (SSSR count). The van der Waals surface area contributed by atoms with Gasteiger partial charge in [0.25, 0.3) is 0 Å². The maximum atomic E-state index is 12.8. The molecular formula is C20H20N2O3. The Morgan fingerprint density at radius 1 is 1.28 bits per heavy atom. The van der Waals surface area contributed by atoms with E-state index >= 15 is 0 Å². The molecule has 1 heterocycles. The largest absolute Gasteiger partial charge is 0.462 e. The molecule has 0 unspecified atom stereocenters. The summed E-state index contributed by atoms with van der Waals surface area (Å²) in [5.41, 5.74) is 3.44. The van der Waals surface area contributed by atoms with Gasteiger partial charge >= 0.3 is 5.97 Å². The second kappa shape index (κ2) is 7.63. The average Bonchev–Trinajstić information content (AvgIpc) is 2.87. The number of allylic oxidation sites excluding steroid dienone is 1. The summed E-state index contributed by atoms with van der Waals surface area (Å²) in [6, 6.07) is 9.48. The summed E-state index contributed by atoms with van der Waals surface area (Å²) < 4.78 is 5.03. The van der Waals surface area contributed by atoms with Gasteiger partial charge in [-0.3, -0.25) is 4.79 Å².